The molecule has 2 aromatic rings. The van der Waals surface area contributed by atoms with Crippen LogP contribution in [0.4, 0.5) is 5.69 Å². The SMILES string of the molecule is CCc1ccc([C@@H](C)NC(=O)COc2nc[nH]c(=O)c2[N+](=O)[O-])cc1. The summed E-state index contributed by atoms with van der Waals surface area (Å²) in [4.78, 5) is 39.0. The van der Waals surface area contributed by atoms with Crippen molar-refractivity contribution in [3.63, 3.8) is 0 Å². The zero-order valence-electron chi connectivity index (χ0n) is 13.8. The number of carbonyl (C=O) groups is 1. The Hall–Kier alpha value is -3.23. The standard InChI is InChI=1S/C16H18N4O5/c1-3-11-4-6-12(7-5-11)10(2)19-13(21)8-25-16-14(20(23)24)15(22)17-9-18-16/h4-7,9-10H,3,8H2,1-2H3,(H,19,21)(H,17,18,22)/t10-/m1/s1. The van der Waals surface area contributed by atoms with Gasteiger partial charge in [0, 0.05) is 0 Å². The van der Waals surface area contributed by atoms with Gasteiger partial charge in [0.2, 0.25) is 0 Å². The minimum absolute atomic E-state index is 0.260. The molecule has 0 saturated heterocycles. The third-order valence-corrected chi connectivity index (χ3v) is 3.58. The first-order valence-corrected chi connectivity index (χ1v) is 7.65. The minimum Gasteiger partial charge on any atom is -0.463 e. The van der Waals surface area contributed by atoms with Crippen LogP contribution in [-0.4, -0.2) is 27.4 Å². The second kappa shape index (κ2) is 8.04. The number of hydrogen-bond donors (Lipinski definition) is 2. The molecule has 9 nitrogen and oxygen atoms in total. The Morgan fingerprint density at radius 2 is 2.08 bits per heavy atom. The summed E-state index contributed by atoms with van der Waals surface area (Å²) < 4.78 is 5.03. The van der Waals surface area contributed by atoms with Crippen LogP contribution in [0.1, 0.15) is 31.0 Å². The van der Waals surface area contributed by atoms with Crippen molar-refractivity contribution in [2.24, 2.45) is 0 Å². The van der Waals surface area contributed by atoms with Gasteiger partial charge in [0.15, 0.2) is 6.61 Å². The third-order valence-electron chi connectivity index (χ3n) is 3.58. The summed E-state index contributed by atoms with van der Waals surface area (Å²) in [5, 5.41) is 13.6. The average molecular weight is 346 g/mol. The summed E-state index contributed by atoms with van der Waals surface area (Å²) in [5.41, 5.74) is 0.336. The van der Waals surface area contributed by atoms with E-state index >= 15 is 0 Å². The quantitative estimate of drug-likeness (QED) is 0.577. The topological polar surface area (TPSA) is 127 Å². The molecule has 1 heterocycles. The summed E-state index contributed by atoms with van der Waals surface area (Å²) in [7, 11) is 0. The number of carbonyl (C=O) groups excluding carboxylic acids is 1. The third kappa shape index (κ3) is 4.63. The van der Waals surface area contributed by atoms with Crippen LogP contribution in [0.3, 0.4) is 0 Å². The predicted octanol–water partition coefficient (Wildman–Crippen LogP) is 1.50. The minimum atomic E-state index is -0.945. The van der Waals surface area contributed by atoms with Crippen LogP contribution >= 0.6 is 0 Å². The van der Waals surface area contributed by atoms with Crippen molar-refractivity contribution in [3.8, 4) is 5.88 Å². The van der Waals surface area contributed by atoms with Crippen LogP contribution in [0.15, 0.2) is 35.4 Å². The highest BCUT2D eigenvalue weighted by Crippen LogP contribution is 2.18. The fraction of sp³-hybridized carbons (Fsp3) is 0.312. The molecule has 132 valence electrons. The van der Waals surface area contributed by atoms with Gasteiger partial charge < -0.3 is 15.0 Å². The zero-order chi connectivity index (χ0) is 18.4. The second-order valence-electron chi connectivity index (χ2n) is 5.32. The highest BCUT2D eigenvalue weighted by Gasteiger charge is 2.23. The van der Waals surface area contributed by atoms with Crippen LogP contribution < -0.4 is 15.6 Å². The van der Waals surface area contributed by atoms with Crippen molar-refractivity contribution in [3.05, 3.63) is 62.2 Å². The number of H-pyrrole nitrogens is 1. The molecule has 1 amide bonds. The number of aromatic amines is 1. The molecule has 0 aliphatic rings. The number of benzene rings is 1. The van der Waals surface area contributed by atoms with Crippen molar-refractivity contribution >= 4 is 11.6 Å². The van der Waals surface area contributed by atoms with Gasteiger partial charge in [-0.2, -0.15) is 4.98 Å². The van der Waals surface area contributed by atoms with Crippen molar-refractivity contribution < 1.29 is 14.5 Å². The number of rotatable bonds is 7. The molecule has 0 unspecified atom stereocenters. The number of amides is 1. The molecule has 1 aromatic heterocycles. The lowest BCUT2D eigenvalue weighted by molar-refractivity contribution is -0.387. The Bertz CT molecular complexity index is 816. The zero-order valence-corrected chi connectivity index (χ0v) is 13.8. The first-order chi connectivity index (χ1) is 11.9. The van der Waals surface area contributed by atoms with E-state index in [2.05, 4.69) is 22.2 Å². The average Bonchev–Trinajstić information content (AvgIpc) is 2.59. The van der Waals surface area contributed by atoms with Gasteiger partial charge in [-0.1, -0.05) is 31.2 Å². The number of nitrogens with zero attached hydrogens (tertiary/aromatic N) is 2. The fourth-order valence-corrected chi connectivity index (χ4v) is 2.19. The summed E-state index contributed by atoms with van der Waals surface area (Å²) in [6, 6.07) is 7.56. The number of nitrogens with one attached hydrogen (secondary N) is 2. The van der Waals surface area contributed by atoms with Gasteiger partial charge in [0.1, 0.15) is 0 Å². The van der Waals surface area contributed by atoms with Crippen LogP contribution in [-0.2, 0) is 11.2 Å². The maximum Gasteiger partial charge on any atom is 0.395 e. The monoisotopic (exact) mass is 346 g/mol. The van der Waals surface area contributed by atoms with Crippen LogP contribution in [0.25, 0.3) is 0 Å². The normalized spacial score (nSPS) is 11.6. The van der Waals surface area contributed by atoms with Crippen molar-refractivity contribution in [2.75, 3.05) is 6.61 Å². The lowest BCUT2D eigenvalue weighted by atomic mass is 10.1. The van der Waals surface area contributed by atoms with Gasteiger partial charge >= 0.3 is 17.1 Å². The molecule has 0 spiro atoms. The Morgan fingerprint density at radius 1 is 1.40 bits per heavy atom. The summed E-state index contributed by atoms with van der Waals surface area (Å²) >= 11 is 0. The molecule has 25 heavy (non-hydrogen) atoms. The van der Waals surface area contributed by atoms with E-state index in [0.717, 1.165) is 18.3 Å². The largest absolute Gasteiger partial charge is 0.463 e. The first-order valence-electron chi connectivity index (χ1n) is 7.65. The molecule has 0 radical (unpaired) electrons. The molecule has 1 aromatic carbocycles. The molecular formula is C16H18N4O5. The van der Waals surface area contributed by atoms with E-state index < -0.39 is 34.6 Å². The van der Waals surface area contributed by atoms with Gasteiger partial charge in [-0.25, -0.2) is 0 Å². The molecule has 1 atom stereocenters. The van der Waals surface area contributed by atoms with Crippen LogP contribution in [0.5, 0.6) is 5.88 Å². The molecule has 2 N–H and O–H groups in total. The highest BCUT2D eigenvalue weighted by atomic mass is 16.6. The fourth-order valence-electron chi connectivity index (χ4n) is 2.19. The van der Waals surface area contributed by atoms with Crippen molar-refractivity contribution in [1.29, 1.82) is 0 Å². The smallest absolute Gasteiger partial charge is 0.395 e. The maximum atomic E-state index is 12.0. The molecule has 0 bridgehead atoms. The highest BCUT2D eigenvalue weighted by molar-refractivity contribution is 5.78. The Kier molecular flexibility index (Phi) is 5.83. The predicted molar refractivity (Wildman–Crippen MR) is 89.4 cm³/mol. The molecule has 0 fully saturated rings. The number of nitro groups is 1. The van der Waals surface area contributed by atoms with Crippen molar-refractivity contribution in [1.82, 2.24) is 15.3 Å². The van der Waals surface area contributed by atoms with Gasteiger partial charge in [-0.15, -0.1) is 0 Å². The number of aryl methyl sites for hydroxylation is 1. The van der Waals surface area contributed by atoms with Gasteiger partial charge in [-0.05, 0) is 24.5 Å². The molecule has 2 rings (SSSR count). The molecular weight excluding hydrogens is 328 g/mol. The van der Waals surface area contributed by atoms with E-state index in [1.807, 2.05) is 31.2 Å². The summed E-state index contributed by atoms with van der Waals surface area (Å²) in [5.74, 6) is -0.979. The Morgan fingerprint density at radius 3 is 2.68 bits per heavy atom. The lowest BCUT2D eigenvalue weighted by Gasteiger charge is -2.15. The summed E-state index contributed by atoms with van der Waals surface area (Å²) in [6.45, 7) is 3.38. The molecule has 0 saturated carbocycles. The Labute approximate surface area is 143 Å². The van der Waals surface area contributed by atoms with E-state index in [1.165, 1.54) is 5.56 Å². The second-order valence-corrected chi connectivity index (χ2v) is 5.32. The summed E-state index contributed by atoms with van der Waals surface area (Å²) in [6.07, 6.45) is 1.90. The number of hydrogen-bond acceptors (Lipinski definition) is 6. The Balaban J connectivity index is 1.98. The van der Waals surface area contributed by atoms with E-state index in [-0.39, 0.29) is 6.04 Å². The molecule has 9 heteroatoms. The van der Waals surface area contributed by atoms with Gasteiger partial charge in [0.25, 0.3) is 5.91 Å². The van der Waals surface area contributed by atoms with Crippen molar-refractivity contribution in [2.45, 2.75) is 26.3 Å². The molecule has 0 aliphatic heterocycles. The van der Waals surface area contributed by atoms with E-state index in [9.17, 15) is 19.7 Å². The van der Waals surface area contributed by atoms with Crippen LogP contribution in [0.2, 0.25) is 0 Å². The lowest BCUT2D eigenvalue weighted by Crippen LogP contribution is -2.31. The van der Waals surface area contributed by atoms with E-state index in [4.69, 9.17) is 4.74 Å². The maximum absolute atomic E-state index is 12.0. The number of ether oxygens (including phenoxy) is 1. The molecule has 0 aliphatic carbocycles. The van der Waals surface area contributed by atoms with Crippen LogP contribution in [0, 0.1) is 10.1 Å². The first kappa shape index (κ1) is 18.1. The van der Waals surface area contributed by atoms with E-state index in [0.29, 0.717) is 0 Å². The van der Waals surface area contributed by atoms with Gasteiger partial charge in [0.05, 0.1) is 17.3 Å². The van der Waals surface area contributed by atoms with Gasteiger partial charge in [-0.3, -0.25) is 19.7 Å². The van der Waals surface area contributed by atoms with E-state index in [1.54, 1.807) is 0 Å². The number of aromatic nitrogens is 2.